The van der Waals surface area contributed by atoms with E-state index < -0.39 is 0 Å². The highest BCUT2D eigenvalue weighted by molar-refractivity contribution is 7.98. The van der Waals surface area contributed by atoms with Gasteiger partial charge in [0.2, 0.25) is 5.88 Å². The first-order valence-electron chi connectivity index (χ1n) is 5.77. The highest BCUT2D eigenvalue weighted by atomic mass is 32.2. The van der Waals surface area contributed by atoms with Gasteiger partial charge in [-0.3, -0.25) is 0 Å². The van der Waals surface area contributed by atoms with Crippen molar-refractivity contribution in [1.82, 2.24) is 9.19 Å². The molecule has 1 heterocycles. The third-order valence-electron chi connectivity index (χ3n) is 2.75. The Bertz CT molecular complexity index is 503. The Morgan fingerprint density at radius 3 is 2.83 bits per heavy atom. The molecule has 0 atom stereocenters. The molecule has 2 aromatic rings. The SMILES string of the molecule is CCc1cccc(SC)c1COc1ccn(S)n1. The molecule has 0 unspecified atom stereocenters. The van der Waals surface area contributed by atoms with Crippen molar-refractivity contribution in [2.75, 3.05) is 6.26 Å². The van der Waals surface area contributed by atoms with Gasteiger partial charge in [-0.15, -0.1) is 16.9 Å². The summed E-state index contributed by atoms with van der Waals surface area (Å²) in [6.45, 7) is 2.70. The molecule has 1 aromatic carbocycles. The van der Waals surface area contributed by atoms with Crippen LogP contribution in [0, 0.1) is 0 Å². The fourth-order valence-corrected chi connectivity index (χ4v) is 2.62. The molecule has 96 valence electrons. The lowest BCUT2D eigenvalue weighted by Crippen LogP contribution is -2.02. The van der Waals surface area contributed by atoms with Crippen molar-refractivity contribution < 1.29 is 4.74 Å². The van der Waals surface area contributed by atoms with Gasteiger partial charge in [-0.2, -0.15) is 0 Å². The van der Waals surface area contributed by atoms with Crippen LogP contribution in [-0.4, -0.2) is 15.4 Å². The minimum absolute atomic E-state index is 0.547. The topological polar surface area (TPSA) is 27.1 Å². The normalized spacial score (nSPS) is 10.6. The maximum absolute atomic E-state index is 5.70. The molecular weight excluding hydrogens is 264 g/mol. The number of hydrogen-bond donors (Lipinski definition) is 1. The number of thioether (sulfide) groups is 1. The molecule has 0 aliphatic carbocycles. The monoisotopic (exact) mass is 280 g/mol. The van der Waals surface area contributed by atoms with Crippen LogP contribution in [-0.2, 0) is 13.0 Å². The number of hydrogen-bond acceptors (Lipinski definition) is 4. The smallest absolute Gasteiger partial charge is 0.234 e. The summed E-state index contributed by atoms with van der Waals surface area (Å²) in [6.07, 6.45) is 4.84. The number of aryl methyl sites for hydroxylation is 1. The number of aromatic nitrogens is 2. The van der Waals surface area contributed by atoms with Crippen LogP contribution in [0.15, 0.2) is 35.4 Å². The molecule has 0 aliphatic rings. The molecule has 1 aromatic heterocycles. The van der Waals surface area contributed by atoms with Gasteiger partial charge < -0.3 is 4.74 Å². The van der Waals surface area contributed by atoms with Crippen molar-refractivity contribution in [3.05, 3.63) is 41.6 Å². The number of nitrogens with zero attached hydrogens (tertiary/aromatic N) is 2. The van der Waals surface area contributed by atoms with E-state index in [1.165, 1.54) is 20.1 Å². The van der Waals surface area contributed by atoms with Crippen molar-refractivity contribution in [2.45, 2.75) is 24.8 Å². The molecule has 2 rings (SSSR count). The molecular formula is C13H16N2OS2. The van der Waals surface area contributed by atoms with Gasteiger partial charge in [0.25, 0.3) is 0 Å². The summed E-state index contributed by atoms with van der Waals surface area (Å²) in [6, 6.07) is 8.17. The molecule has 0 spiro atoms. The lowest BCUT2D eigenvalue weighted by molar-refractivity contribution is 0.289. The van der Waals surface area contributed by atoms with Crippen molar-refractivity contribution in [3.8, 4) is 5.88 Å². The lowest BCUT2D eigenvalue weighted by atomic mass is 10.1. The second kappa shape index (κ2) is 6.20. The molecule has 3 nitrogen and oxygen atoms in total. The van der Waals surface area contributed by atoms with Crippen LogP contribution in [0.3, 0.4) is 0 Å². The van der Waals surface area contributed by atoms with Crippen LogP contribution < -0.4 is 4.74 Å². The van der Waals surface area contributed by atoms with Gasteiger partial charge in [0.1, 0.15) is 6.61 Å². The van der Waals surface area contributed by atoms with Crippen molar-refractivity contribution >= 4 is 24.6 Å². The van der Waals surface area contributed by atoms with Gasteiger partial charge >= 0.3 is 0 Å². The highest BCUT2D eigenvalue weighted by Gasteiger charge is 2.08. The second-order valence-electron chi connectivity index (χ2n) is 3.81. The minimum atomic E-state index is 0.547. The molecule has 18 heavy (non-hydrogen) atoms. The van der Waals surface area contributed by atoms with Crippen LogP contribution in [0.25, 0.3) is 0 Å². The fourth-order valence-electron chi connectivity index (χ4n) is 1.82. The van der Waals surface area contributed by atoms with E-state index >= 15 is 0 Å². The van der Waals surface area contributed by atoms with Crippen LogP contribution in [0.5, 0.6) is 5.88 Å². The zero-order valence-corrected chi connectivity index (χ0v) is 12.2. The van der Waals surface area contributed by atoms with Crippen LogP contribution >= 0.6 is 24.6 Å². The van der Waals surface area contributed by atoms with Crippen LogP contribution in [0.1, 0.15) is 18.1 Å². The van der Waals surface area contributed by atoms with Crippen molar-refractivity contribution in [1.29, 1.82) is 0 Å². The van der Waals surface area contributed by atoms with E-state index in [-0.39, 0.29) is 0 Å². The molecule has 0 amide bonds. The lowest BCUT2D eigenvalue weighted by Gasteiger charge is -2.12. The summed E-state index contributed by atoms with van der Waals surface area (Å²) in [7, 11) is 0. The van der Waals surface area contributed by atoms with Crippen molar-refractivity contribution in [3.63, 3.8) is 0 Å². The van der Waals surface area contributed by atoms with Gasteiger partial charge in [0.05, 0.1) is 0 Å². The molecule has 0 saturated heterocycles. The van der Waals surface area contributed by atoms with Gasteiger partial charge in [0, 0.05) is 22.7 Å². The first-order valence-corrected chi connectivity index (χ1v) is 7.39. The molecule has 0 radical (unpaired) electrons. The Hall–Kier alpha value is -1.07. The molecule has 0 aliphatic heterocycles. The Kier molecular flexibility index (Phi) is 4.60. The average molecular weight is 280 g/mol. The van der Waals surface area contributed by atoms with E-state index in [1.54, 1.807) is 24.0 Å². The highest BCUT2D eigenvalue weighted by Crippen LogP contribution is 2.25. The minimum Gasteiger partial charge on any atom is -0.472 e. The van der Waals surface area contributed by atoms with E-state index in [2.05, 4.69) is 49.3 Å². The van der Waals surface area contributed by atoms with E-state index in [4.69, 9.17) is 4.74 Å². The maximum Gasteiger partial charge on any atom is 0.234 e. The average Bonchev–Trinajstić information content (AvgIpc) is 2.81. The Morgan fingerprint density at radius 1 is 1.39 bits per heavy atom. The van der Waals surface area contributed by atoms with Crippen molar-refractivity contribution in [2.24, 2.45) is 0 Å². The number of rotatable bonds is 5. The maximum atomic E-state index is 5.70. The number of benzene rings is 1. The molecule has 0 N–H and O–H groups in total. The van der Waals surface area contributed by atoms with E-state index in [1.807, 2.05) is 0 Å². The first kappa shape index (κ1) is 13.4. The Labute approximate surface area is 117 Å². The standard InChI is InChI=1S/C13H16N2OS2/c1-3-10-5-4-6-12(18-2)11(10)9-16-13-7-8-15(17)14-13/h4-8,17H,3,9H2,1-2H3. The zero-order chi connectivity index (χ0) is 13.0. The van der Waals surface area contributed by atoms with E-state index in [9.17, 15) is 0 Å². The second-order valence-corrected chi connectivity index (χ2v) is 5.07. The third-order valence-corrected chi connectivity index (χ3v) is 3.79. The third kappa shape index (κ3) is 3.03. The fraction of sp³-hybridized carbons (Fsp3) is 0.308. The zero-order valence-electron chi connectivity index (χ0n) is 10.5. The summed E-state index contributed by atoms with van der Waals surface area (Å²) in [4.78, 5) is 1.26. The summed E-state index contributed by atoms with van der Waals surface area (Å²) < 4.78 is 7.14. The summed E-state index contributed by atoms with van der Waals surface area (Å²) in [5.74, 6) is 0.600. The predicted octanol–water partition coefficient (Wildman–Crippen LogP) is 3.44. The summed E-state index contributed by atoms with van der Waals surface area (Å²) in [5, 5.41) is 4.09. The van der Waals surface area contributed by atoms with Crippen LogP contribution in [0.2, 0.25) is 0 Å². The molecule has 0 saturated carbocycles. The van der Waals surface area contributed by atoms with Crippen LogP contribution in [0.4, 0.5) is 0 Å². The van der Waals surface area contributed by atoms with Gasteiger partial charge in [-0.25, -0.2) is 4.09 Å². The largest absolute Gasteiger partial charge is 0.472 e. The number of thiol groups is 1. The van der Waals surface area contributed by atoms with E-state index in [0.29, 0.717) is 12.5 Å². The summed E-state index contributed by atoms with van der Waals surface area (Å²) >= 11 is 5.83. The predicted molar refractivity (Wildman–Crippen MR) is 78.5 cm³/mol. The summed E-state index contributed by atoms with van der Waals surface area (Å²) in [5.41, 5.74) is 2.58. The van der Waals surface area contributed by atoms with Gasteiger partial charge in [0.15, 0.2) is 0 Å². The van der Waals surface area contributed by atoms with E-state index in [0.717, 1.165) is 6.42 Å². The van der Waals surface area contributed by atoms with Gasteiger partial charge in [-0.1, -0.05) is 19.1 Å². The Balaban J connectivity index is 2.17. The van der Waals surface area contributed by atoms with Gasteiger partial charge in [-0.05, 0) is 37.1 Å². The first-order chi connectivity index (χ1) is 8.74. The molecule has 0 fully saturated rings. The molecule has 0 bridgehead atoms. The number of ether oxygens (including phenoxy) is 1. The molecule has 5 heteroatoms. The Morgan fingerprint density at radius 2 is 2.22 bits per heavy atom. The quantitative estimate of drug-likeness (QED) is 0.671.